The van der Waals surface area contributed by atoms with Gasteiger partial charge in [0.05, 0.1) is 0 Å². The highest BCUT2D eigenvalue weighted by atomic mass is 19.4. The van der Waals surface area contributed by atoms with Gasteiger partial charge in [-0.05, 0) is 85.0 Å². The first kappa shape index (κ1) is 30.5. The molecule has 5 rings (SSSR count). The fourth-order valence-electron chi connectivity index (χ4n) is 8.00. The molecule has 5 atom stereocenters. The standard InChI is InChI=1S/C33H36F5NO3/c1-5-28(39-42-18-19(2)3)21-8-6-20(7-9-21)26-17-30(4)27(14-15-31(30,41)32(34,35)33(36,37)38)25-12-10-22-16-23(40)11-13-24(22)29(25)26/h1,6-9,16,19,25-27,41H,10-15,17-18H2,2-4H3/t25-,26+,27-,30-,31-/m0/s1. The van der Waals surface area contributed by atoms with E-state index in [0.29, 0.717) is 37.9 Å². The van der Waals surface area contributed by atoms with Crippen LogP contribution in [0.2, 0.25) is 0 Å². The third-order valence-corrected chi connectivity index (χ3v) is 10.0. The van der Waals surface area contributed by atoms with Gasteiger partial charge >= 0.3 is 12.1 Å². The smallest absolute Gasteiger partial charge is 0.395 e. The molecule has 4 aliphatic carbocycles. The Hall–Kier alpha value is -2.99. The first-order chi connectivity index (χ1) is 19.6. The van der Waals surface area contributed by atoms with Crippen LogP contribution in [0.1, 0.15) is 82.8 Å². The van der Waals surface area contributed by atoms with E-state index in [-0.39, 0.29) is 36.2 Å². The largest absolute Gasteiger partial charge is 0.456 e. The number of alkyl halides is 5. The predicted molar refractivity (Wildman–Crippen MR) is 149 cm³/mol. The Bertz CT molecular complexity index is 1380. The van der Waals surface area contributed by atoms with Crippen LogP contribution >= 0.6 is 0 Å². The van der Waals surface area contributed by atoms with Gasteiger partial charge in [0.15, 0.2) is 11.5 Å². The normalized spacial score (nSPS) is 31.7. The Labute approximate surface area is 243 Å². The van der Waals surface area contributed by atoms with E-state index in [2.05, 4.69) is 11.1 Å². The molecule has 0 amide bonds. The molecule has 1 aromatic carbocycles. The van der Waals surface area contributed by atoms with E-state index in [1.54, 1.807) is 30.3 Å². The minimum absolute atomic E-state index is 0.0372. The van der Waals surface area contributed by atoms with Crippen molar-refractivity contribution in [2.24, 2.45) is 28.3 Å². The Morgan fingerprint density at radius 3 is 2.45 bits per heavy atom. The van der Waals surface area contributed by atoms with Crippen molar-refractivity contribution in [2.75, 3.05) is 6.61 Å². The molecule has 9 heteroatoms. The first-order valence-electron chi connectivity index (χ1n) is 14.5. The molecule has 226 valence electrons. The molecule has 0 heterocycles. The molecule has 0 saturated heterocycles. The summed E-state index contributed by atoms with van der Waals surface area (Å²) in [6.45, 7) is 5.75. The number of carbonyl (C=O) groups is 1. The van der Waals surface area contributed by atoms with Crippen LogP contribution in [0.5, 0.6) is 0 Å². The van der Waals surface area contributed by atoms with Crippen molar-refractivity contribution in [2.45, 2.75) is 89.3 Å². The van der Waals surface area contributed by atoms with E-state index in [9.17, 15) is 23.1 Å². The van der Waals surface area contributed by atoms with E-state index in [1.807, 2.05) is 13.8 Å². The minimum atomic E-state index is -5.88. The van der Waals surface area contributed by atoms with E-state index in [0.717, 1.165) is 22.3 Å². The zero-order chi connectivity index (χ0) is 30.7. The molecule has 0 aromatic heterocycles. The van der Waals surface area contributed by atoms with Gasteiger partial charge < -0.3 is 9.94 Å². The lowest BCUT2D eigenvalue weighted by Gasteiger charge is -2.56. The van der Waals surface area contributed by atoms with Crippen LogP contribution < -0.4 is 0 Å². The molecule has 0 spiro atoms. The van der Waals surface area contributed by atoms with Crippen LogP contribution in [0, 0.1) is 35.5 Å². The molecular weight excluding hydrogens is 553 g/mol. The second-order valence-electron chi connectivity index (χ2n) is 12.9. The highest BCUT2D eigenvalue weighted by Gasteiger charge is 2.79. The van der Waals surface area contributed by atoms with Crippen LogP contribution in [-0.4, -0.2) is 40.9 Å². The average molecular weight is 590 g/mol. The van der Waals surface area contributed by atoms with Gasteiger partial charge in [-0.25, -0.2) is 0 Å². The number of nitrogens with zero attached hydrogens (tertiary/aromatic N) is 1. The SMILES string of the molecule is C#CC(=NOCC(C)C)c1ccc([C@H]2C[C@@]3(C)[C@@H](CC[C@@]3(O)C(F)(F)C(F)(F)F)[C@@H]3CCC4=CC(=O)CCC4=C32)cc1. The second kappa shape index (κ2) is 10.6. The predicted octanol–water partition coefficient (Wildman–Crippen LogP) is 7.52. The summed E-state index contributed by atoms with van der Waals surface area (Å²) >= 11 is 0. The first-order valence-corrected chi connectivity index (χ1v) is 14.5. The van der Waals surface area contributed by atoms with Crippen LogP contribution in [0.4, 0.5) is 22.0 Å². The molecule has 1 aromatic rings. The number of hydrogen-bond donors (Lipinski definition) is 1. The van der Waals surface area contributed by atoms with Crippen molar-refractivity contribution in [1.29, 1.82) is 0 Å². The summed E-state index contributed by atoms with van der Waals surface area (Å²) < 4.78 is 71.6. The number of rotatable bonds is 6. The summed E-state index contributed by atoms with van der Waals surface area (Å²) in [6.07, 6.45) is 2.72. The topological polar surface area (TPSA) is 58.9 Å². The number of ketones is 1. The maximum absolute atomic E-state index is 15.2. The van der Waals surface area contributed by atoms with Gasteiger partial charge in [-0.2, -0.15) is 22.0 Å². The van der Waals surface area contributed by atoms with Crippen LogP contribution in [-0.2, 0) is 9.63 Å². The maximum Gasteiger partial charge on any atom is 0.456 e. The summed E-state index contributed by atoms with van der Waals surface area (Å²) in [7, 11) is 0. The molecule has 2 fully saturated rings. The van der Waals surface area contributed by atoms with E-state index >= 15 is 8.78 Å². The van der Waals surface area contributed by atoms with Crippen molar-refractivity contribution >= 4 is 11.5 Å². The zero-order valence-electron chi connectivity index (χ0n) is 24.0. The Balaban J connectivity index is 1.61. The monoisotopic (exact) mass is 589 g/mol. The van der Waals surface area contributed by atoms with Crippen LogP contribution in [0.3, 0.4) is 0 Å². The van der Waals surface area contributed by atoms with Gasteiger partial charge in [-0.1, -0.05) is 55.8 Å². The fraction of sp³-hybridized carbons (Fsp3) is 0.576. The van der Waals surface area contributed by atoms with Gasteiger partial charge in [0.1, 0.15) is 12.2 Å². The molecular formula is C33H36F5NO3. The second-order valence-corrected chi connectivity index (χ2v) is 12.9. The molecule has 4 aliphatic rings. The summed E-state index contributed by atoms with van der Waals surface area (Å²) in [5.41, 5.74) is -0.365. The maximum atomic E-state index is 15.2. The summed E-state index contributed by atoms with van der Waals surface area (Å²) in [6, 6.07) is 7.09. The van der Waals surface area contributed by atoms with E-state index in [1.165, 1.54) is 6.92 Å². The lowest BCUT2D eigenvalue weighted by Crippen LogP contribution is -2.65. The van der Waals surface area contributed by atoms with Crippen LogP contribution in [0.15, 0.2) is 52.2 Å². The van der Waals surface area contributed by atoms with Gasteiger partial charge in [-0.15, -0.1) is 6.42 Å². The van der Waals surface area contributed by atoms with Gasteiger partial charge in [-0.3, -0.25) is 4.79 Å². The molecule has 0 unspecified atom stereocenters. The van der Waals surface area contributed by atoms with Gasteiger partial charge in [0, 0.05) is 23.3 Å². The molecule has 0 aliphatic heterocycles. The number of allylic oxidation sites excluding steroid dienone is 4. The van der Waals surface area contributed by atoms with E-state index < -0.39 is 41.4 Å². The summed E-state index contributed by atoms with van der Waals surface area (Å²) in [5.74, 6) is -3.82. The Kier molecular flexibility index (Phi) is 7.71. The Morgan fingerprint density at radius 1 is 1.14 bits per heavy atom. The van der Waals surface area contributed by atoms with Gasteiger partial charge in [0.25, 0.3) is 0 Å². The van der Waals surface area contributed by atoms with E-state index in [4.69, 9.17) is 11.3 Å². The highest BCUT2D eigenvalue weighted by molar-refractivity contribution is 6.12. The molecule has 2 saturated carbocycles. The summed E-state index contributed by atoms with van der Waals surface area (Å²) in [4.78, 5) is 17.6. The minimum Gasteiger partial charge on any atom is -0.395 e. The molecule has 0 radical (unpaired) electrons. The lowest BCUT2D eigenvalue weighted by atomic mass is 9.50. The third kappa shape index (κ3) is 4.70. The lowest BCUT2D eigenvalue weighted by molar-refractivity contribution is -0.362. The van der Waals surface area contributed by atoms with Crippen LogP contribution in [0.25, 0.3) is 0 Å². The fourth-order valence-corrected chi connectivity index (χ4v) is 8.00. The van der Waals surface area contributed by atoms with Crippen molar-refractivity contribution in [3.8, 4) is 12.3 Å². The third-order valence-electron chi connectivity index (χ3n) is 10.0. The molecule has 4 nitrogen and oxygen atoms in total. The molecule has 0 bridgehead atoms. The zero-order valence-corrected chi connectivity index (χ0v) is 24.0. The number of terminal acetylenes is 1. The summed E-state index contributed by atoms with van der Waals surface area (Å²) in [5, 5.41) is 15.5. The number of aliphatic hydroxyl groups is 1. The molecule has 42 heavy (non-hydrogen) atoms. The van der Waals surface area contributed by atoms with Crippen molar-refractivity contribution < 1.29 is 36.7 Å². The number of fused-ring (bicyclic) bond motifs is 4. The van der Waals surface area contributed by atoms with Crippen molar-refractivity contribution in [1.82, 2.24) is 0 Å². The average Bonchev–Trinajstić information content (AvgIpc) is 3.21. The highest BCUT2D eigenvalue weighted by Crippen LogP contribution is 2.70. The number of carbonyl (C=O) groups excluding carboxylic acids is 1. The molecule has 1 N–H and O–H groups in total. The number of benzene rings is 1. The quantitative estimate of drug-likeness (QED) is 0.162. The van der Waals surface area contributed by atoms with Crippen molar-refractivity contribution in [3.05, 3.63) is 58.2 Å². The van der Waals surface area contributed by atoms with Crippen molar-refractivity contribution in [3.63, 3.8) is 0 Å². The van der Waals surface area contributed by atoms with Gasteiger partial charge in [0.2, 0.25) is 0 Å². The number of oxime groups is 1. The Morgan fingerprint density at radius 2 is 1.83 bits per heavy atom. The number of hydrogen-bond acceptors (Lipinski definition) is 4. The number of halogens is 5.